The van der Waals surface area contributed by atoms with Crippen LogP contribution in [-0.4, -0.2) is 21.6 Å². The molecule has 108 valence electrons. The second kappa shape index (κ2) is 6.47. The molecule has 0 radical (unpaired) electrons. The Labute approximate surface area is 127 Å². The maximum Gasteiger partial charge on any atom is 0.158 e. The van der Waals surface area contributed by atoms with Crippen LogP contribution >= 0.6 is 22.9 Å². The van der Waals surface area contributed by atoms with E-state index in [1.54, 1.807) is 23.6 Å². The molecule has 5 nitrogen and oxygen atoms in total. The molecule has 20 heavy (non-hydrogen) atoms. The van der Waals surface area contributed by atoms with Crippen molar-refractivity contribution in [3.63, 3.8) is 0 Å². The van der Waals surface area contributed by atoms with Gasteiger partial charge in [0.15, 0.2) is 5.82 Å². The molecule has 0 amide bonds. The summed E-state index contributed by atoms with van der Waals surface area (Å²) in [5, 5.41) is 6.67. The molecule has 0 aliphatic carbocycles. The Morgan fingerprint density at radius 1 is 1.40 bits per heavy atom. The van der Waals surface area contributed by atoms with E-state index in [-0.39, 0.29) is 5.54 Å². The lowest BCUT2D eigenvalue weighted by molar-refractivity contribution is 0.128. The lowest BCUT2D eigenvalue weighted by Crippen LogP contribution is -2.28. The number of halogens is 1. The minimum absolute atomic E-state index is 0.325. The van der Waals surface area contributed by atoms with Gasteiger partial charge in [-0.15, -0.1) is 11.3 Å². The Bertz CT molecular complexity index is 560. The van der Waals surface area contributed by atoms with Crippen LogP contribution in [0.4, 0.5) is 5.82 Å². The summed E-state index contributed by atoms with van der Waals surface area (Å²) in [7, 11) is 0. The largest absolute Gasteiger partial charge is 0.374 e. The van der Waals surface area contributed by atoms with Gasteiger partial charge in [0.2, 0.25) is 0 Å². The summed E-state index contributed by atoms with van der Waals surface area (Å²) in [5.74, 6) is 1.23. The van der Waals surface area contributed by atoms with Crippen LogP contribution in [-0.2, 0) is 16.9 Å². The summed E-state index contributed by atoms with van der Waals surface area (Å²) < 4.78 is 5.31. The third kappa shape index (κ3) is 3.88. The fourth-order valence-electron chi connectivity index (χ4n) is 1.69. The van der Waals surface area contributed by atoms with Crippen molar-refractivity contribution in [3.05, 3.63) is 33.6 Å². The first-order valence-corrected chi connectivity index (χ1v) is 7.56. The Hall–Kier alpha value is -1.24. The molecule has 2 heterocycles. The van der Waals surface area contributed by atoms with Gasteiger partial charge in [-0.1, -0.05) is 11.6 Å². The molecule has 2 aromatic heterocycles. The number of hydrogen-bond acceptors (Lipinski definition) is 6. The number of ether oxygens (including phenoxy) is 1. The van der Waals surface area contributed by atoms with Crippen LogP contribution in [0.25, 0.3) is 0 Å². The first-order chi connectivity index (χ1) is 9.51. The molecule has 0 atom stereocenters. The average Bonchev–Trinajstić information content (AvgIpc) is 2.89. The van der Waals surface area contributed by atoms with Gasteiger partial charge in [-0.05, 0) is 20.8 Å². The van der Waals surface area contributed by atoms with E-state index in [4.69, 9.17) is 16.3 Å². The zero-order valence-electron chi connectivity index (χ0n) is 11.7. The van der Waals surface area contributed by atoms with E-state index in [1.165, 1.54) is 0 Å². The lowest BCUT2D eigenvalue weighted by atomic mass is 10.1. The quantitative estimate of drug-likeness (QED) is 0.828. The summed E-state index contributed by atoms with van der Waals surface area (Å²) in [6.07, 6.45) is 1.79. The molecule has 0 aliphatic heterocycles. The highest BCUT2D eigenvalue weighted by Crippen LogP contribution is 2.27. The van der Waals surface area contributed by atoms with Crippen molar-refractivity contribution >= 4 is 28.8 Å². The van der Waals surface area contributed by atoms with Crippen LogP contribution in [0.5, 0.6) is 0 Å². The van der Waals surface area contributed by atoms with Gasteiger partial charge in [-0.2, -0.15) is 0 Å². The smallest absolute Gasteiger partial charge is 0.158 e. The predicted octanol–water partition coefficient (Wildman–Crippen LogP) is 3.47. The Balaban J connectivity index is 2.18. The summed E-state index contributed by atoms with van der Waals surface area (Å²) in [5.41, 5.74) is -0.325. The number of hydrogen-bond donors (Lipinski definition) is 1. The van der Waals surface area contributed by atoms with E-state index >= 15 is 0 Å². The highest BCUT2D eigenvalue weighted by Gasteiger charge is 2.23. The highest BCUT2D eigenvalue weighted by atomic mass is 35.5. The molecular formula is C13H17ClN4OS. The van der Waals surface area contributed by atoms with Crippen LogP contribution in [0.3, 0.4) is 0 Å². The van der Waals surface area contributed by atoms with Gasteiger partial charge in [0.25, 0.3) is 0 Å². The predicted molar refractivity (Wildman–Crippen MR) is 81.1 cm³/mol. The first kappa shape index (κ1) is 15.2. The van der Waals surface area contributed by atoms with Crippen molar-refractivity contribution in [3.8, 4) is 0 Å². The van der Waals surface area contributed by atoms with Crippen LogP contribution in [0.2, 0.25) is 5.15 Å². The van der Waals surface area contributed by atoms with Gasteiger partial charge in [0.1, 0.15) is 22.6 Å². The van der Waals surface area contributed by atoms with Crippen molar-refractivity contribution in [2.75, 3.05) is 11.9 Å². The molecule has 2 rings (SSSR count). The Kier molecular flexibility index (Phi) is 4.91. The van der Waals surface area contributed by atoms with Crippen LogP contribution < -0.4 is 5.32 Å². The normalized spacial score (nSPS) is 11.6. The van der Waals surface area contributed by atoms with Crippen LogP contribution in [0.1, 0.15) is 31.6 Å². The van der Waals surface area contributed by atoms with Gasteiger partial charge in [-0.25, -0.2) is 15.0 Å². The fourth-order valence-corrected chi connectivity index (χ4v) is 2.61. The minimum atomic E-state index is -0.325. The molecule has 2 aromatic rings. The maximum atomic E-state index is 6.02. The summed E-state index contributed by atoms with van der Waals surface area (Å²) in [6.45, 7) is 6.98. The second-order valence-electron chi connectivity index (χ2n) is 4.72. The van der Waals surface area contributed by atoms with E-state index in [0.29, 0.717) is 30.0 Å². The van der Waals surface area contributed by atoms with E-state index in [9.17, 15) is 0 Å². The van der Waals surface area contributed by atoms with Crippen molar-refractivity contribution < 1.29 is 4.74 Å². The first-order valence-electron chi connectivity index (χ1n) is 6.30. The topological polar surface area (TPSA) is 59.9 Å². The minimum Gasteiger partial charge on any atom is -0.374 e. The second-order valence-corrected chi connectivity index (χ2v) is 6.00. The van der Waals surface area contributed by atoms with E-state index < -0.39 is 0 Å². The van der Waals surface area contributed by atoms with Crippen LogP contribution in [0, 0.1) is 0 Å². The standard InChI is InChI=1S/C13H17ClN4OS/c1-4-19-8-11-16-9(14)7-10(17-11)18-13(2,3)12-15-5-6-20-12/h5-7H,4,8H2,1-3H3,(H,16,17,18). The number of rotatable bonds is 6. The molecule has 0 saturated heterocycles. The number of nitrogens with one attached hydrogen (secondary N) is 1. The summed E-state index contributed by atoms with van der Waals surface area (Å²) >= 11 is 7.62. The monoisotopic (exact) mass is 312 g/mol. The molecule has 0 aromatic carbocycles. The molecule has 0 saturated carbocycles. The third-order valence-electron chi connectivity index (χ3n) is 2.58. The Morgan fingerprint density at radius 3 is 2.85 bits per heavy atom. The van der Waals surface area contributed by atoms with Crippen molar-refractivity contribution in [1.29, 1.82) is 0 Å². The third-order valence-corrected chi connectivity index (χ3v) is 3.87. The molecule has 0 fully saturated rings. The number of nitrogens with zero attached hydrogens (tertiary/aromatic N) is 3. The molecule has 7 heteroatoms. The number of anilines is 1. The SMILES string of the molecule is CCOCc1nc(Cl)cc(NC(C)(C)c2nccs2)n1. The fraction of sp³-hybridized carbons (Fsp3) is 0.462. The van der Waals surface area contributed by atoms with E-state index in [2.05, 4.69) is 20.3 Å². The molecule has 0 bridgehead atoms. The van der Waals surface area contributed by atoms with Gasteiger partial charge in [0, 0.05) is 24.3 Å². The van der Waals surface area contributed by atoms with Gasteiger partial charge >= 0.3 is 0 Å². The zero-order chi connectivity index (χ0) is 14.6. The van der Waals surface area contributed by atoms with Crippen molar-refractivity contribution in [1.82, 2.24) is 15.0 Å². The summed E-state index contributed by atoms with van der Waals surface area (Å²) in [4.78, 5) is 12.9. The summed E-state index contributed by atoms with van der Waals surface area (Å²) in [6, 6.07) is 1.70. The molecule has 0 aliphatic rings. The maximum absolute atomic E-state index is 6.02. The molecule has 1 N–H and O–H groups in total. The van der Waals surface area contributed by atoms with E-state index in [0.717, 1.165) is 5.01 Å². The number of thiazole rings is 1. The average molecular weight is 313 g/mol. The van der Waals surface area contributed by atoms with Gasteiger partial charge < -0.3 is 10.1 Å². The van der Waals surface area contributed by atoms with Gasteiger partial charge in [0.05, 0.1) is 5.54 Å². The van der Waals surface area contributed by atoms with E-state index in [1.807, 2.05) is 26.2 Å². The lowest BCUT2D eigenvalue weighted by Gasteiger charge is -2.24. The van der Waals surface area contributed by atoms with Gasteiger partial charge in [-0.3, -0.25) is 0 Å². The van der Waals surface area contributed by atoms with Crippen molar-refractivity contribution in [2.45, 2.75) is 32.9 Å². The van der Waals surface area contributed by atoms with Crippen molar-refractivity contribution in [2.24, 2.45) is 0 Å². The molecule has 0 unspecified atom stereocenters. The number of aromatic nitrogens is 3. The van der Waals surface area contributed by atoms with Crippen LogP contribution in [0.15, 0.2) is 17.6 Å². The molecular weight excluding hydrogens is 296 g/mol. The molecule has 0 spiro atoms. The Morgan fingerprint density at radius 2 is 2.20 bits per heavy atom. The highest BCUT2D eigenvalue weighted by molar-refractivity contribution is 7.09. The zero-order valence-corrected chi connectivity index (χ0v) is 13.3.